The van der Waals surface area contributed by atoms with E-state index < -0.39 is 0 Å². The predicted octanol–water partition coefficient (Wildman–Crippen LogP) is 2.55. The molecule has 0 radical (unpaired) electrons. The summed E-state index contributed by atoms with van der Waals surface area (Å²) in [4.78, 5) is 16.8. The van der Waals surface area contributed by atoms with Crippen LogP contribution < -0.4 is 15.5 Å². The molecule has 0 spiro atoms. The number of nitrogens with one attached hydrogen (secondary N) is 2. The monoisotopic (exact) mass is 449 g/mol. The average molecular weight is 450 g/mol. The number of hydrogen-bond donors (Lipinski definition) is 2. The lowest BCUT2D eigenvalue weighted by molar-refractivity contribution is 0.245. The van der Waals surface area contributed by atoms with Gasteiger partial charge < -0.3 is 20.4 Å². The van der Waals surface area contributed by atoms with Crippen molar-refractivity contribution in [3.05, 3.63) is 59.8 Å². The molecule has 0 aliphatic carbocycles. The Balaban J connectivity index is 1.29. The number of aliphatic imine (C=N–C) groups is 1. The molecule has 0 bridgehead atoms. The molecule has 0 saturated carbocycles. The first kappa shape index (κ1) is 23.5. The van der Waals surface area contributed by atoms with Crippen LogP contribution in [0.2, 0.25) is 0 Å². The average Bonchev–Trinajstić information content (AvgIpc) is 3.29. The summed E-state index contributed by atoms with van der Waals surface area (Å²) >= 11 is 0. The van der Waals surface area contributed by atoms with Gasteiger partial charge in [0, 0.05) is 58.1 Å². The largest absolute Gasteiger partial charge is 0.357 e. The number of aromatic nitrogens is 1. The summed E-state index contributed by atoms with van der Waals surface area (Å²) in [5.74, 6) is 1.95. The Morgan fingerprint density at radius 1 is 1.00 bits per heavy atom. The van der Waals surface area contributed by atoms with Crippen molar-refractivity contribution in [2.75, 3.05) is 57.8 Å². The highest BCUT2D eigenvalue weighted by molar-refractivity contribution is 5.79. The minimum absolute atomic E-state index is 0.540. The van der Waals surface area contributed by atoms with Gasteiger partial charge in [0.1, 0.15) is 5.82 Å². The normalized spacial score (nSPS) is 20.2. The Morgan fingerprint density at radius 3 is 2.55 bits per heavy atom. The molecule has 0 amide bonds. The molecule has 7 heteroatoms. The first-order valence-corrected chi connectivity index (χ1v) is 12.4. The predicted molar refractivity (Wildman–Crippen MR) is 137 cm³/mol. The number of nitrogens with zero attached hydrogens (tertiary/aromatic N) is 5. The number of hydrogen-bond acceptors (Lipinski definition) is 5. The van der Waals surface area contributed by atoms with Crippen LogP contribution in [0, 0.1) is 0 Å². The van der Waals surface area contributed by atoms with Crippen LogP contribution in [-0.4, -0.2) is 79.6 Å². The third-order valence-electron chi connectivity index (χ3n) is 6.63. The second kappa shape index (κ2) is 12.0. The fourth-order valence-electron chi connectivity index (χ4n) is 4.61. The lowest BCUT2D eigenvalue weighted by Crippen LogP contribution is -2.44. The number of guanidine groups is 1. The molecule has 2 N–H and O–H groups in total. The van der Waals surface area contributed by atoms with Gasteiger partial charge in [0.2, 0.25) is 0 Å². The van der Waals surface area contributed by atoms with E-state index in [4.69, 9.17) is 9.98 Å². The molecule has 2 aliphatic heterocycles. The highest BCUT2D eigenvalue weighted by atomic mass is 15.3. The standard InChI is InChI=1S/C26H39N7/c1-3-27-26(30-20-24-10-7-13-33(24)21-22-8-5-4-6-9-22)29-19-23-11-12-25(28-18-23)32-16-14-31(2)15-17-32/h4-6,8-9,11-12,18,24H,3,7,10,13-17,19-21H2,1-2H3,(H2,27,29,30). The maximum absolute atomic E-state index is 4.82. The summed E-state index contributed by atoms with van der Waals surface area (Å²) in [6.07, 6.45) is 4.47. The van der Waals surface area contributed by atoms with Gasteiger partial charge >= 0.3 is 0 Å². The second-order valence-electron chi connectivity index (χ2n) is 9.14. The minimum Gasteiger partial charge on any atom is -0.357 e. The van der Waals surface area contributed by atoms with Crippen LogP contribution in [0.1, 0.15) is 30.9 Å². The molecule has 2 aliphatic rings. The van der Waals surface area contributed by atoms with Crippen LogP contribution in [0.4, 0.5) is 5.82 Å². The van der Waals surface area contributed by atoms with E-state index >= 15 is 0 Å². The molecular formula is C26H39N7. The van der Waals surface area contributed by atoms with Gasteiger partial charge in [-0.3, -0.25) is 4.90 Å². The molecule has 178 valence electrons. The second-order valence-corrected chi connectivity index (χ2v) is 9.14. The molecule has 2 aromatic rings. The van der Waals surface area contributed by atoms with Gasteiger partial charge in [0.15, 0.2) is 5.96 Å². The molecule has 7 nitrogen and oxygen atoms in total. The van der Waals surface area contributed by atoms with Gasteiger partial charge in [0.25, 0.3) is 0 Å². The zero-order valence-electron chi connectivity index (χ0n) is 20.2. The van der Waals surface area contributed by atoms with Crippen molar-refractivity contribution >= 4 is 11.8 Å². The Morgan fingerprint density at radius 2 is 1.82 bits per heavy atom. The van der Waals surface area contributed by atoms with Gasteiger partial charge in [0.05, 0.1) is 6.54 Å². The third kappa shape index (κ3) is 6.92. The molecule has 1 aromatic heterocycles. The molecule has 4 rings (SSSR count). The highest BCUT2D eigenvalue weighted by Crippen LogP contribution is 2.19. The molecule has 33 heavy (non-hydrogen) atoms. The van der Waals surface area contributed by atoms with E-state index in [0.717, 1.165) is 63.2 Å². The lowest BCUT2D eigenvalue weighted by atomic mass is 10.2. The number of likely N-dealkylation sites (tertiary alicyclic amines) is 1. The first-order chi connectivity index (χ1) is 16.2. The van der Waals surface area contributed by atoms with Crippen molar-refractivity contribution in [1.82, 2.24) is 25.4 Å². The Bertz CT molecular complexity index is 860. The molecule has 1 atom stereocenters. The van der Waals surface area contributed by atoms with E-state index in [0.29, 0.717) is 12.6 Å². The quantitative estimate of drug-likeness (QED) is 0.477. The topological polar surface area (TPSA) is 59.0 Å². The maximum atomic E-state index is 4.82. The van der Waals surface area contributed by atoms with Crippen molar-refractivity contribution < 1.29 is 0 Å². The van der Waals surface area contributed by atoms with Crippen molar-refractivity contribution in [3.63, 3.8) is 0 Å². The van der Waals surface area contributed by atoms with E-state index in [1.54, 1.807) is 0 Å². The fourth-order valence-corrected chi connectivity index (χ4v) is 4.61. The lowest BCUT2D eigenvalue weighted by Gasteiger charge is -2.33. The van der Waals surface area contributed by atoms with Crippen molar-refractivity contribution in [3.8, 4) is 0 Å². The number of anilines is 1. The zero-order chi connectivity index (χ0) is 22.9. The Kier molecular flexibility index (Phi) is 8.55. The van der Waals surface area contributed by atoms with E-state index in [-0.39, 0.29) is 0 Å². The molecule has 1 aromatic carbocycles. The SMILES string of the molecule is CCNC(=NCc1ccc(N2CCN(C)CC2)nc1)NCC1CCCN1Cc1ccccc1. The third-order valence-corrected chi connectivity index (χ3v) is 6.63. The van der Waals surface area contributed by atoms with E-state index in [2.05, 4.69) is 81.8 Å². The summed E-state index contributed by atoms with van der Waals surface area (Å²) in [5, 5.41) is 6.98. The van der Waals surface area contributed by atoms with Crippen LogP contribution in [0.25, 0.3) is 0 Å². The molecule has 3 heterocycles. The summed E-state index contributed by atoms with van der Waals surface area (Å²) in [6.45, 7) is 11.0. The molecule has 2 fully saturated rings. The van der Waals surface area contributed by atoms with Crippen molar-refractivity contribution in [2.24, 2.45) is 4.99 Å². The van der Waals surface area contributed by atoms with Crippen LogP contribution >= 0.6 is 0 Å². The van der Waals surface area contributed by atoms with Crippen LogP contribution in [0.3, 0.4) is 0 Å². The number of piperazine rings is 1. The first-order valence-electron chi connectivity index (χ1n) is 12.4. The van der Waals surface area contributed by atoms with Gasteiger partial charge in [-0.25, -0.2) is 9.98 Å². The number of pyridine rings is 1. The van der Waals surface area contributed by atoms with Gasteiger partial charge in [-0.05, 0) is 50.6 Å². The summed E-state index contributed by atoms with van der Waals surface area (Å²) < 4.78 is 0. The van der Waals surface area contributed by atoms with Crippen LogP contribution in [-0.2, 0) is 13.1 Å². The maximum Gasteiger partial charge on any atom is 0.191 e. The fraction of sp³-hybridized carbons (Fsp3) is 0.538. The minimum atomic E-state index is 0.540. The Labute approximate surface area is 198 Å². The Hall–Kier alpha value is -2.64. The van der Waals surface area contributed by atoms with Crippen LogP contribution in [0.15, 0.2) is 53.7 Å². The number of likely N-dealkylation sites (N-methyl/N-ethyl adjacent to an activating group) is 1. The summed E-state index contributed by atoms with van der Waals surface area (Å²) in [6, 6.07) is 15.6. The van der Waals surface area contributed by atoms with Crippen molar-refractivity contribution in [2.45, 2.75) is 38.9 Å². The van der Waals surface area contributed by atoms with E-state index in [1.165, 1.54) is 24.9 Å². The molecule has 2 saturated heterocycles. The van der Waals surface area contributed by atoms with Crippen molar-refractivity contribution in [1.29, 1.82) is 0 Å². The van der Waals surface area contributed by atoms with Crippen LogP contribution in [0.5, 0.6) is 0 Å². The summed E-state index contributed by atoms with van der Waals surface area (Å²) in [7, 11) is 2.18. The number of benzene rings is 1. The summed E-state index contributed by atoms with van der Waals surface area (Å²) in [5.41, 5.74) is 2.52. The van der Waals surface area contributed by atoms with E-state index in [1.807, 2.05) is 6.20 Å². The van der Waals surface area contributed by atoms with Gasteiger partial charge in [-0.15, -0.1) is 0 Å². The zero-order valence-corrected chi connectivity index (χ0v) is 20.2. The smallest absolute Gasteiger partial charge is 0.191 e. The highest BCUT2D eigenvalue weighted by Gasteiger charge is 2.24. The molecular weight excluding hydrogens is 410 g/mol. The molecule has 1 unspecified atom stereocenters. The van der Waals surface area contributed by atoms with E-state index in [9.17, 15) is 0 Å². The van der Waals surface area contributed by atoms with Gasteiger partial charge in [-0.2, -0.15) is 0 Å². The van der Waals surface area contributed by atoms with Gasteiger partial charge in [-0.1, -0.05) is 36.4 Å². The number of rotatable bonds is 8.